The molecule has 0 spiro atoms. The average Bonchev–Trinajstić information content (AvgIpc) is 2.94. The molecule has 0 aliphatic carbocycles. The predicted octanol–water partition coefficient (Wildman–Crippen LogP) is 4.42. The molecule has 4 nitrogen and oxygen atoms in total. The van der Waals surface area contributed by atoms with Crippen LogP contribution in [-0.2, 0) is 9.59 Å². The molecule has 3 rings (SSSR count). The molecule has 1 aliphatic rings. The average molecular weight is 321 g/mol. The van der Waals surface area contributed by atoms with Gasteiger partial charge in [-0.1, -0.05) is 32.0 Å². The molecule has 2 aromatic rings. The van der Waals surface area contributed by atoms with E-state index in [1.165, 1.54) is 12.2 Å². The van der Waals surface area contributed by atoms with Crippen molar-refractivity contribution in [1.82, 2.24) is 0 Å². The monoisotopic (exact) mass is 321 g/mol. The van der Waals surface area contributed by atoms with Crippen LogP contribution in [-0.4, -0.2) is 11.8 Å². The normalized spacial score (nSPS) is 15.0. The summed E-state index contributed by atoms with van der Waals surface area (Å²) < 4.78 is 6.00. The van der Waals surface area contributed by atoms with Crippen LogP contribution in [0, 0.1) is 0 Å². The number of hydrogen-bond donors (Lipinski definition) is 0. The number of hydrogen-bond acceptors (Lipinski definition) is 3. The van der Waals surface area contributed by atoms with Crippen molar-refractivity contribution in [2.75, 3.05) is 4.90 Å². The lowest BCUT2D eigenvalue weighted by atomic mass is 9.98. The van der Waals surface area contributed by atoms with Gasteiger partial charge in [-0.25, -0.2) is 4.90 Å². The molecule has 122 valence electrons. The predicted molar refractivity (Wildman–Crippen MR) is 93.3 cm³/mol. The molecule has 1 heterocycles. The second-order valence-corrected chi connectivity index (χ2v) is 5.79. The van der Waals surface area contributed by atoms with Gasteiger partial charge in [0, 0.05) is 12.2 Å². The molecule has 0 bridgehead atoms. The molecule has 0 fully saturated rings. The number of amides is 2. The Kier molecular flexibility index (Phi) is 4.47. The summed E-state index contributed by atoms with van der Waals surface area (Å²) in [4.78, 5) is 24.5. The van der Waals surface area contributed by atoms with E-state index in [0.717, 1.165) is 22.6 Å². The maximum Gasteiger partial charge on any atom is 0.258 e. The van der Waals surface area contributed by atoms with Gasteiger partial charge in [0.1, 0.15) is 11.5 Å². The van der Waals surface area contributed by atoms with Gasteiger partial charge in [-0.3, -0.25) is 9.59 Å². The van der Waals surface area contributed by atoms with Gasteiger partial charge in [0.05, 0.1) is 5.69 Å². The first kappa shape index (κ1) is 16.0. The Morgan fingerprint density at radius 1 is 0.958 bits per heavy atom. The lowest BCUT2D eigenvalue weighted by Gasteiger charge is -2.17. The van der Waals surface area contributed by atoms with Crippen molar-refractivity contribution in [1.29, 1.82) is 0 Å². The molecule has 0 saturated carbocycles. The van der Waals surface area contributed by atoms with E-state index in [0.29, 0.717) is 17.4 Å². The van der Waals surface area contributed by atoms with E-state index in [9.17, 15) is 9.59 Å². The highest BCUT2D eigenvalue weighted by Crippen LogP contribution is 2.32. The molecule has 1 unspecified atom stereocenters. The molecule has 0 radical (unpaired) electrons. The maximum atomic E-state index is 11.7. The Hall–Kier alpha value is -2.88. The topological polar surface area (TPSA) is 46.6 Å². The van der Waals surface area contributed by atoms with E-state index in [2.05, 4.69) is 19.9 Å². The molecule has 1 aliphatic heterocycles. The third-order valence-corrected chi connectivity index (χ3v) is 4.19. The molecular formula is C20H19NO3. The Morgan fingerprint density at radius 3 is 2.21 bits per heavy atom. The zero-order chi connectivity index (χ0) is 17.1. The Morgan fingerprint density at radius 2 is 1.58 bits per heavy atom. The third-order valence-electron chi connectivity index (χ3n) is 4.19. The molecule has 0 N–H and O–H groups in total. The van der Waals surface area contributed by atoms with E-state index >= 15 is 0 Å². The van der Waals surface area contributed by atoms with Crippen LogP contribution in [0.25, 0.3) is 0 Å². The highest BCUT2D eigenvalue weighted by Gasteiger charge is 2.24. The molecule has 0 aromatic heterocycles. The second kappa shape index (κ2) is 6.71. The number of carbonyl (C=O) groups excluding carboxylic acids is 2. The van der Waals surface area contributed by atoms with Gasteiger partial charge in [0.2, 0.25) is 0 Å². The molecule has 1 atom stereocenters. The number of rotatable bonds is 5. The van der Waals surface area contributed by atoms with Crippen LogP contribution in [0.4, 0.5) is 5.69 Å². The van der Waals surface area contributed by atoms with Crippen LogP contribution in [0.5, 0.6) is 11.5 Å². The van der Waals surface area contributed by atoms with Crippen molar-refractivity contribution in [3.63, 3.8) is 0 Å². The summed E-state index contributed by atoms with van der Waals surface area (Å²) in [5.74, 6) is 1.26. The fourth-order valence-electron chi connectivity index (χ4n) is 2.65. The number of ether oxygens (including phenoxy) is 1. The van der Waals surface area contributed by atoms with E-state index < -0.39 is 0 Å². The summed E-state index contributed by atoms with van der Waals surface area (Å²) >= 11 is 0. The first-order valence-electron chi connectivity index (χ1n) is 8.03. The minimum atomic E-state index is -0.323. The van der Waals surface area contributed by atoms with Crippen LogP contribution in [0.15, 0.2) is 60.7 Å². The van der Waals surface area contributed by atoms with Crippen molar-refractivity contribution in [3.8, 4) is 11.5 Å². The second-order valence-electron chi connectivity index (χ2n) is 5.79. The summed E-state index contributed by atoms with van der Waals surface area (Å²) in [5.41, 5.74) is 1.70. The van der Waals surface area contributed by atoms with Crippen molar-refractivity contribution in [2.24, 2.45) is 0 Å². The number of anilines is 1. The van der Waals surface area contributed by atoms with Crippen LogP contribution in [0.2, 0.25) is 0 Å². The first-order valence-corrected chi connectivity index (χ1v) is 8.03. The van der Waals surface area contributed by atoms with Crippen molar-refractivity contribution in [2.45, 2.75) is 26.2 Å². The van der Waals surface area contributed by atoms with Gasteiger partial charge in [0.25, 0.3) is 11.8 Å². The van der Waals surface area contributed by atoms with Crippen LogP contribution in [0.1, 0.15) is 31.7 Å². The minimum absolute atomic E-state index is 0.323. The summed E-state index contributed by atoms with van der Waals surface area (Å²) in [6.45, 7) is 4.32. The summed E-state index contributed by atoms with van der Waals surface area (Å²) in [6, 6.07) is 14.9. The van der Waals surface area contributed by atoms with Gasteiger partial charge in [-0.05, 0) is 48.2 Å². The number of carbonyl (C=O) groups is 2. The molecule has 24 heavy (non-hydrogen) atoms. The van der Waals surface area contributed by atoms with Gasteiger partial charge in [-0.15, -0.1) is 0 Å². The Balaban J connectivity index is 1.81. The SMILES string of the molecule is CCC(C)c1ccccc1Oc1ccc(N2C(=O)C=CC2=O)cc1. The Labute approximate surface area is 141 Å². The summed E-state index contributed by atoms with van der Waals surface area (Å²) in [6.07, 6.45) is 3.58. The van der Waals surface area contributed by atoms with Gasteiger partial charge in [0.15, 0.2) is 0 Å². The fourth-order valence-corrected chi connectivity index (χ4v) is 2.65. The van der Waals surface area contributed by atoms with Gasteiger partial charge < -0.3 is 4.74 Å². The number of imide groups is 1. The van der Waals surface area contributed by atoms with E-state index in [1.54, 1.807) is 24.3 Å². The largest absolute Gasteiger partial charge is 0.457 e. The van der Waals surface area contributed by atoms with E-state index in [1.807, 2.05) is 18.2 Å². The van der Waals surface area contributed by atoms with Crippen LogP contribution in [0.3, 0.4) is 0 Å². The molecule has 0 saturated heterocycles. The third kappa shape index (κ3) is 3.08. The number of nitrogens with zero attached hydrogens (tertiary/aromatic N) is 1. The number of benzene rings is 2. The van der Waals surface area contributed by atoms with Crippen molar-refractivity contribution < 1.29 is 14.3 Å². The molecular weight excluding hydrogens is 302 g/mol. The van der Waals surface area contributed by atoms with E-state index in [4.69, 9.17) is 4.74 Å². The quantitative estimate of drug-likeness (QED) is 0.766. The maximum absolute atomic E-state index is 11.7. The summed E-state index contributed by atoms with van der Waals surface area (Å²) in [7, 11) is 0. The minimum Gasteiger partial charge on any atom is -0.457 e. The van der Waals surface area contributed by atoms with Crippen molar-refractivity contribution >= 4 is 17.5 Å². The molecule has 4 heteroatoms. The van der Waals surface area contributed by atoms with Crippen molar-refractivity contribution in [3.05, 3.63) is 66.2 Å². The summed E-state index contributed by atoms with van der Waals surface area (Å²) in [5, 5.41) is 0. The zero-order valence-corrected chi connectivity index (χ0v) is 13.7. The van der Waals surface area contributed by atoms with Gasteiger partial charge >= 0.3 is 0 Å². The van der Waals surface area contributed by atoms with Gasteiger partial charge in [-0.2, -0.15) is 0 Å². The Bertz CT molecular complexity index is 775. The highest BCUT2D eigenvalue weighted by atomic mass is 16.5. The lowest BCUT2D eigenvalue weighted by molar-refractivity contribution is -0.119. The number of para-hydroxylation sites is 1. The smallest absolute Gasteiger partial charge is 0.258 e. The zero-order valence-electron chi connectivity index (χ0n) is 13.7. The fraction of sp³-hybridized carbons (Fsp3) is 0.200. The van der Waals surface area contributed by atoms with E-state index in [-0.39, 0.29) is 11.8 Å². The van der Waals surface area contributed by atoms with Crippen LogP contribution < -0.4 is 9.64 Å². The molecule has 2 aromatic carbocycles. The standard InChI is InChI=1S/C20H19NO3/c1-3-14(2)17-6-4-5-7-18(17)24-16-10-8-15(9-11-16)21-19(22)12-13-20(21)23/h4-14H,3H2,1-2H3. The highest BCUT2D eigenvalue weighted by molar-refractivity contribution is 6.28. The lowest BCUT2D eigenvalue weighted by Crippen LogP contribution is -2.29. The first-order chi connectivity index (χ1) is 11.6. The van der Waals surface area contributed by atoms with Crippen LogP contribution >= 0.6 is 0 Å². The molecule has 2 amide bonds.